The Balaban J connectivity index is 1.20. The van der Waals surface area contributed by atoms with E-state index >= 15 is 0 Å². The molecule has 6 nitrogen and oxygen atoms in total. The maximum Gasteiger partial charge on any atom is 0.275 e. The van der Waals surface area contributed by atoms with Crippen molar-refractivity contribution in [3.63, 3.8) is 0 Å². The minimum atomic E-state index is -0.296. The number of halogens is 1. The monoisotopic (exact) mass is 557 g/mol. The van der Waals surface area contributed by atoms with Crippen molar-refractivity contribution in [2.45, 2.75) is 38.8 Å². The number of anilines is 1. The highest BCUT2D eigenvalue weighted by molar-refractivity contribution is 7.09. The van der Waals surface area contributed by atoms with E-state index in [1.165, 1.54) is 22.5 Å². The molecule has 0 spiro atoms. The first kappa shape index (κ1) is 25.6. The second kappa shape index (κ2) is 10.8. The number of amides is 2. The maximum absolute atomic E-state index is 13.3. The van der Waals surface area contributed by atoms with Crippen molar-refractivity contribution in [2.24, 2.45) is 5.92 Å². The highest BCUT2D eigenvalue weighted by atomic mass is 35.5. The number of aromatic nitrogens is 1. The number of ether oxygens (including phenoxy) is 1. The van der Waals surface area contributed by atoms with Gasteiger partial charge in [-0.3, -0.25) is 9.59 Å². The van der Waals surface area contributed by atoms with Crippen molar-refractivity contribution in [1.29, 1.82) is 0 Å². The van der Waals surface area contributed by atoms with Crippen LogP contribution < -0.4 is 10.1 Å². The summed E-state index contributed by atoms with van der Waals surface area (Å²) in [6, 6.07) is 21.4. The van der Waals surface area contributed by atoms with Gasteiger partial charge in [0.25, 0.3) is 5.91 Å². The summed E-state index contributed by atoms with van der Waals surface area (Å²) < 4.78 is 6.14. The maximum atomic E-state index is 13.3. The van der Waals surface area contributed by atoms with Crippen LogP contribution in [0.15, 0.2) is 72.1 Å². The van der Waals surface area contributed by atoms with Crippen LogP contribution in [-0.4, -0.2) is 28.2 Å². The van der Waals surface area contributed by atoms with Gasteiger partial charge in [0.15, 0.2) is 0 Å². The van der Waals surface area contributed by atoms with Crippen molar-refractivity contribution >= 4 is 40.4 Å². The molecule has 2 heterocycles. The number of aryl methyl sites for hydroxylation is 1. The molecular weight excluding hydrogens is 530 g/mol. The molecule has 0 unspecified atom stereocenters. The molecule has 1 aliphatic carbocycles. The number of thiazole rings is 1. The predicted molar refractivity (Wildman–Crippen MR) is 153 cm³/mol. The number of fused-ring (bicyclic) bond motifs is 1. The van der Waals surface area contributed by atoms with E-state index in [1.54, 1.807) is 29.6 Å². The Bertz CT molecular complexity index is 1550. The quantitative estimate of drug-likeness (QED) is 0.271. The van der Waals surface area contributed by atoms with Gasteiger partial charge in [-0.1, -0.05) is 53.6 Å². The number of nitrogens with zero attached hydrogens (tertiary/aromatic N) is 2. The molecule has 1 saturated carbocycles. The van der Waals surface area contributed by atoms with E-state index in [0.717, 1.165) is 36.9 Å². The van der Waals surface area contributed by atoms with Gasteiger partial charge in [-0.25, -0.2) is 4.98 Å². The Morgan fingerprint density at radius 2 is 1.95 bits per heavy atom. The lowest BCUT2D eigenvalue weighted by atomic mass is 9.87. The van der Waals surface area contributed by atoms with Crippen LogP contribution in [0, 0.1) is 12.8 Å². The Morgan fingerprint density at radius 3 is 2.74 bits per heavy atom. The smallest absolute Gasteiger partial charge is 0.275 e. The fourth-order valence-electron chi connectivity index (χ4n) is 5.07. The first-order valence-corrected chi connectivity index (χ1v) is 14.3. The summed E-state index contributed by atoms with van der Waals surface area (Å²) in [6.45, 7) is 3.05. The number of benzene rings is 3. The van der Waals surface area contributed by atoms with E-state index in [-0.39, 0.29) is 30.4 Å². The number of hydrogen-bond donors (Lipinski definition) is 1. The molecule has 6 rings (SSSR count). The zero-order chi connectivity index (χ0) is 26.9. The minimum Gasteiger partial charge on any atom is -0.486 e. The van der Waals surface area contributed by atoms with Gasteiger partial charge in [-0.15, -0.1) is 11.3 Å². The normalized spacial score (nSPS) is 16.5. The van der Waals surface area contributed by atoms with Gasteiger partial charge in [0, 0.05) is 28.6 Å². The van der Waals surface area contributed by atoms with E-state index in [1.807, 2.05) is 6.07 Å². The fourth-order valence-corrected chi connectivity index (χ4v) is 5.95. The molecule has 1 atom stereocenters. The summed E-state index contributed by atoms with van der Waals surface area (Å²) >= 11 is 7.39. The summed E-state index contributed by atoms with van der Waals surface area (Å²) in [4.78, 5) is 32.4. The van der Waals surface area contributed by atoms with Crippen molar-refractivity contribution < 1.29 is 14.3 Å². The molecule has 8 heteroatoms. The lowest BCUT2D eigenvalue weighted by Crippen LogP contribution is -2.41. The first-order chi connectivity index (χ1) is 18.9. The summed E-state index contributed by atoms with van der Waals surface area (Å²) in [6.07, 6.45) is 2.80. The number of rotatable bonds is 7. The van der Waals surface area contributed by atoms with Crippen molar-refractivity contribution in [1.82, 2.24) is 9.88 Å². The second-order valence-corrected chi connectivity index (χ2v) is 11.5. The third-order valence-corrected chi connectivity index (χ3v) is 8.20. The number of hydrogen-bond acceptors (Lipinski definition) is 5. The second-order valence-electron chi connectivity index (χ2n) is 10.1. The molecule has 2 aliphatic rings. The molecule has 39 heavy (non-hydrogen) atoms. The molecule has 3 aromatic carbocycles. The molecule has 0 saturated heterocycles. The van der Waals surface area contributed by atoms with E-state index in [2.05, 4.69) is 58.5 Å². The van der Waals surface area contributed by atoms with Gasteiger partial charge in [-0.2, -0.15) is 0 Å². The molecular formula is C31H28ClN3O3S. The summed E-state index contributed by atoms with van der Waals surface area (Å²) in [5.41, 5.74) is 5.59. The van der Waals surface area contributed by atoms with Gasteiger partial charge < -0.3 is 15.0 Å². The highest BCUT2D eigenvalue weighted by Crippen LogP contribution is 2.41. The Hall–Kier alpha value is -3.68. The minimum absolute atomic E-state index is 0.132. The van der Waals surface area contributed by atoms with Crippen LogP contribution in [0.5, 0.6) is 5.75 Å². The lowest BCUT2D eigenvalue weighted by Gasteiger charge is -2.38. The fraction of sp³-hybridized carbons (Fsp3) is 0.258. The molecule has 1 aromatic heterocycles. The zero-order valence-corrected chi connectivity index (χ0v) is 23.1. The van der Waals surface area contributed by atoms with Gasteiger partial charge >= 0.3 is 0 Å². The molecule has 198 valence electrons. The van der Waals surface area contributed by atoms with Gasteiger partial charge in [-0.05, 0) is 73.2 Å². The van der Waals surface area contributed by atoms with Crippen LogP contribution in [-0.2, 0) is 17.8 Å². The average Bonchev–Trinajstić information content (AvgIpc) is 3.67. The molecule has 4 aromatic rings. The summed E-state index contributed by atoms with van der Waals surface area (Å²) in [7, 11) is 0. The molecule has 0 bridgehead atoms. The zero-order valence-electron chi connectivity index (χ0n) is 21.5. The lowest BCUT2D eigenvalue weighted by molar-refractivity contribution is -0.134. The Morgan fingerprint density at radius 1 is 1.10 bits per heavy atom. The van der Waals surface area contributed by atoms with Crippen LogP contribution in [0.1, 0.15) is 56.6 Å². The van der Waals surface area contributed by atoms with Crippen LogP contribution in [0.25, 0.3) is 0 Å². The SMILES string of the molecule is Cc1cccc([C@H]2c3cc(OCc4nc(C(=O)Nc5cccc(Cl)c5)cs4)ccc3CCN2C(=O)C2CC2)c1. The third-order valence-electron chi connectivity index (χ3n) is 7.14. The van der Waals surface area contributed by atoms with Crippen molar-refractivity contribution in [3.8, 4) is 5.75 Å². The molecule has 1 fully saturated rings. The summed E-state index contributed by atoms with van der Waals surface area (Å²) in [5.74, 6) is 0.834. The largest absolute Gasteiger partial charge is 0.486 e. The van der Waals surface area contributed by atoms with Crippen LogP contribution >= 0.6 is 22.9 Å². The molecule has 1 N–H and O–H groups in total. The van der Waals surface area contributed by atoms with Crippen LogP contribution in [0.3, 0.4) is 0 Å². The third kappa shape index (κ3) is 5.70. The highest BCUT2D eigenvalue weighted by Gasteiger charge is 2.39. The number of nitrogens with one attached hydrogen (secondary N) is 1. The van der Waals surface area contributed by atoms with Crippen molar-refractivity contribution in [3.05, 3.63) is 110 Å². The van der Waals surface area contributed by atoms with Gasteiger partial charge in [0.2, 0.25) is 5.91 Å². The van der Waals surface area contributed by atoms with Gasteiger partial charge in [0.1, 0.15) is 23.1 Å². The molecule has 0 radical (unpaired) electrons. The first-order valence-electron chi connectivity index (χ1n) is 13.1. The standard InChI is InChI=1S/C31H28ClN3O3S/c1-19-4-2-5-22(14-19)29-26-16-25(11-10-20(26)12-13-35(29)31(37)21-8-9-21)38-17-28-34-27(18-39-28)30(36)33-24-7-3-6-23(32)15-24/h2-7,10-11,14-16,18,21,29H,8-9,12-13,17H2,1H3,(H,33,36)/t29-/m0/s1. The van der Waals surface area contributed by atoms with E-state index < -0.39 is 0 Å². The van der Waals surface area contributed by atoms with Crippen LogP contribution in [0.4, 0.5) is 5.69 Å². The molecule has 1 aliphatic heterocycles. The van der Waals surface area contributed by atoms with Crippen molar-refractivity contribution in [2.75, 3.05) is 11.9 Å². The van der Waals surface area contributed by atoms with Gasteiger partial charge in [0.05, 0.1) is 6.04 Å². The predicted octanol–water partition coefficient (Wildman–Crippen LogP) is 6.82. The average molecular weight is 558 g/mol. The van der Waals surface area contributed by atoms with Crippen LogP contribution in [0.2, 0.25) is 5.02 Å². The summed E-state index contributed by atoms with van der Waals surface area (Å²) in [5, 5.41) is 5.79. The molecule has 2 amide bonds. The Labute approximate surface area is 236 Å². The Kier molecular flexibility index (Phi) is 7.11. The van der Waals surface area contributed by atoms with E-state index in [0.29, 0.717) is 27.2 Å². The number of carbonyl (C=O) groups is 2. The topological polar surface area (TPSA) is 71.5 Å². The number of carbonyl (C=O) groups excluding carboxylic acids is 2. The van der Waals surface area contributed by atoms with E-state index in [9.17, 15) is 9.59 Å². The van der Waals surface area contributed by atoms with E-state index in [4.69, 9.17) is 16.3 Å².